The highest BCUT2D eigenvalue weighted by Gasteiger charge is 2.46. The van der Waals surface area contributed by atoms with Crippen LogP contribution in [0.4, 0.5) is 4.39 Å². The van der Waals surface area contributed by atoms with Crippen LogP contribution >= 0.6 is 12.9 Å². The van der Waals surface area contributed by atoms with Crippen molar-refractivity contribution in [1.82, 2.24) is 9.55 Å². The van der Waals surface area contributed by atoms with Crippen molar-refractivity contribution in [3.8, 4) is 0 Å². The Kier molecular flexibility index (Phi) is 3.85. The number of aliphatic hydroxyl groups is 1. The van der Waals surface area contributed by atoms with E-state index in [0.717, 1.165) is 16.8 Å². The van der Waals surface area contributed by atoms with Crippen molar-refractivity contribution in [2.24, 2.45) is 0 Å². The fourth-order valence-electron chi connectivity index (χ4n) is 1.82. The smallest absolute Gasteiger partial charge is 0.330 e. The maximum Gasteiger partial charge on any atom is 0.330 e. The van der Waals surface area contributed by atoms with Crippen LogP contribution < -0.4 is 11.2 Å². The number of thiol groups is 1. The fraction of sp³-hybridized carbons (Fsp3) is 0.556. The van der Waals surface area contributed by atoms with Gasteiger partial charge in [0.05, 0.1) is 6.61 Å². The first-order chi connectivity index (χ1) is 8.58. The van der Waals surface area contributed by atoms with Crippen molar-refractivity contribution in [2.45, 2.75) is 24.6 Å². The fourth-order valence-corrected chi connectivity index (χ4v) is 2.07. The molecule has 7 nitrogen and oxygen atoms in total. The van der Waals surface area contributed by atoms with Gasteiger partial charge in [0.15, 0.2) is 12.4 Å². The van der Waals surface area contributed by atoms with Crippen LogP contribution in [0.25, 0.3) is 0 Å². The molecule has 2 rings (SSSR count). The van der Waals surface area contributed by atoms with Crippen molar-refractivity contribution in [2.75, 3.05) is 6.61 Å². The summed E-state index contributed by atoms with van der Waals surface area (Å²) in [5.41, 5.74) is -1.39. The molecule has 1 aromatic heterocycles. The molecule has 0 saturated carbocycles. The Balaban J connectivity index is 2.34. The third-order valence-electron chi connectivity index (χ3n) is 2.69. The molecule has 4 atom stereocenters. The van der Waals surface area contributed by atoms with Crippen LogP contribution in [0.15, 0.2) is 21.9 Å². The molecule has 1 aromatic rings. The summed E-state index contributed by atoms with van der Waals surface area (Å²) in [5, 5.41) is 9.01. The first-order valence-electron chi connectivity index (χ1n) is 5.10. The van der Waals surface area contributed by atoms with Gasteiger partial charge in [-0.25, -0.2) is 9.18 Å². The average molecular weight is 278 g/mol. The number of nitrogens with zero attached hydrogens (tertiary/aromatic N) is 1. The zero-order chi connectivity index (χ0) is 13.3. The van der Waals surface area contributed by atoms with Gasteiger partial charge in [-0.05, 0) is 12.9 Å². The van der Waals surface area contributed by atoms with Gasteiger partial charge < -0.3 is 14.0 Å². The molecule has 9 heteroatoms. The van der Waals surface area contributed by atoms with Crippen molar-refractivity contribution in [3.05, 3.63) is 33.1 Å². The van der Waals surface area contributed by atoms with Gasteiger partial charge in [-0.1, -0.05) is 0 Å². The van der Waals surface area contributed by atoms with Gasteiger partial charge in [-0.15, -0.1) is 0 Å². The summed E-state index contributed by atoms with van der Waals surface area (Å²) in [4.78, 5) is 24.4. The van der Waals surface area contributed by atoms with Crippen LogP contribution in [0.1, 0.15) is 6.23 Å². The Bertz CT molecular complexity index is 532. The zero-order valence-electron chi connectivity index (χ0n) is 9.02. The minimum Gasteiger partial charge on any atom is -0.394 e. The van der Waals surface area contributed by atoms with Crippen LogP contribution in [0.3, 0.4) is 0 Å². The van der Waals surface area contributed by atoms with E-state index < -0.39 is 42.5 Å². The van der Waals surface area contributed by atoms with E-state index in [1.54, 1.807) is 0 Å². The largest absolute Gasteiger partial charge is 0.394 e. The number of hydrogen-bond donors (Lipinski definition) is 3. The van der Waals surface area contributed by atoms with E-state index in [0.29, 0.717) is 0 Å². The first kappa shape index (κ1) is 13.3. The third-order valence-corrected chi connectivity index (χ3v) is 2.94. The number of aliphatic hydroxyl groups excluding tert-OH is 1. The molecule has 0 spiro atoms. The Hall–Kier alpha value is -1.16. The number of H-pyrrole nitrogens is 1. The summed E-state index contributed by atoms with van der Waals surface area (Å²) in [6.07, 6.45) is -3.87. The van der Waals surface area contributed by atoms with Crippen molar-refractivity contribution >= 4 is 12.9 Å². The first-order valence-corrected chi connectivity index (χ1v) is 5.47. The van der Waals surface area contributed by atoms with Gasteiger partial charge >= 0.3 is 5.69 Å². The molecular weight excluding hydrogens is 267 g/mol. The second-order valence-corrected chi connectivity index (χ2v) is 3.99. The number of alkyl halides is 1. The topological polar surface area (TPSA) is 93.5 Å². The summed E-state index contributed by atoms with van der Waals surface area (Å²) in [6.45, 7) is -0.472. The van der Waals surface area contributed by atoms with Crippen LogP contribution in [-0.4, -0.2) is 39.6 Å². The minimum absolute atomic E-state index is 0.472. The highest BCUT2D eigenvalue weighted by Crippen LogP contribution is 2.33. The van der Waals surface area contributed by atoms with E-state index in [1.807, 2.05) is 4.98 Å². The highest BCUT2D eigenvalue weighted by molar-refractivity contribution is 7.75. The maximum absolute atomic E-state index is 14.0. The number of nitrogens with one attached hydrogen (secondary N) is 1. The lowest BCUT2D eigenvalue weighted by Gasteiger charge is -2.15. The molecule has 2 heterocycles. The molecule has 0 radical (unpaired) electrons. The number of aromatic nitrogens is 2. The van der Waals surface area contributed by atoms with E-state index >= 15 is 0 Å². The van der Waals surface area contributed by atoms with E-state index in [4.69, 9.17) is 9.84 Å². The van der Waals surface area contributed by atoms with Gasteiger partial charge in [0.25, 0.3) is 5.56 Å². The van der Waals surface area contributed by atoms with E-state index in [-0.39, 0.29) is 0 Å². The quantitative estimate of drug-likeness (QED) is 0.487. The number of halogens is 1. The monoisotopic (exact) mass is 278 g/mol. The predicted octanol–water partition coefficient (Wildman–Crippen LogP) is -1.01. The Labute approximate surface area is 106 Å². The third kappa shape index (κ3) is 2.21. The number of aromatic amines is 1. The van der Waals surface area contributed by atoms with Crippen LogP contribution in [0, 0.1) is 0 Å². The molecule has 100 valence electrons. The average Bonchev–Trinajstić information content (AvgIpc) is 2.66. The number of rotatable bonds is 3. The number of hydrogen-bond acceptors (Lipinski definition) is 6. The molecule has 2 unspecified atom stereocenters. The SMILES string of the molecule is O=c1ccn([C@@H]2O[C@H](CO)C(OS)C2F)c(=O)[nH]1. The van der Waals surface area contributed by atoms with Crippen molar-refractivity contribution in [3.63, 3.8) is 0 Å². The lowest BCUT2D eigenvalue weighted by atomic mass is 10.1. The second-order valence-electron chi connectivity index (χ2n) is 3.78. The Morgan fingerprint density at radius 1 is 1.61 bits per heavy atom. The highest BCUT2D eigenvalue weighted by atomic mass is 32.1. The molecule has 1 aliphatic heterocycles. The Morgan fingerprint density at radius 3 is 2.83 bits per heavy atom. The van der Waals surface area contributed by atoms with Crippen molar-refractivity contribution in [1.29, 1.82) is 0 Å². The van der Waals surface area contributed by atoms with E-state index in [9.17, 15) is 14.0 Å². The molecule has 1 aliphatic rings. The molecule has 1 saturated heterocycles. The van der Waals surface area contributed by atoms with Crippen LogP contribution in [0.5, 0.6) is 0 Å². The molecule has 0 amide bonds. The summed E-state index contributed by atoms with van der Waals surface area (Å²) in [7, 11) is 0. The minimum atomic E-state index is -1.69. The second kappa shape index (κ2) is 5.22. The summed E-state index contributed by atoms with van der Waals surface area (Å²) >= 11 is 3.51. The zero-order valence-corrected chi connectivity index (χ0v) is 9.92. The molecule has 0 bridgehead atoms. The number of ether oxygens (including phenoxy) is 1. The normalized spacial score (nSPS) is 31.7. The molecule has 1 fully saturated rings. The lowest BCUT2D eigenvalue weighted by Crippen LogP contribution is -2.35. The maximum atomic E-state index is 14.0. The predicted molar refractivity (Wildman–Crippen MR) is 61.1 cm³/mol. The van der Waals surface area contributed by atoms with E-state index in [1.165, 1.54) is 0 Å². The van der Waals surface area contributed by atoms with Crippen molar-refractivity contribution < 1.29 is 18.4 Å². The van der Waals surface area contributed by atoms with E-state index in [2.05, 4.69) is 17.1 Å². The molecule has 0 aromatic carbocycles. The van der Waals surface area contributed by atoms with Gasteiger partial charge in [0, 0.05) is 12.3 Å². The summed E-state index contributed by atoms with van der Waals surface area (Å²) in [5.74, 6) is 0. The van der Waals surface area contributed by atoms with Gasteiger partial charge in [-0.3, -0.25) is 14.3 Å². The molecule has 2 N–H and O–H groups in total. The van der Waals surface area contributed by atoms with Crippen LogP contribution in [0.2, 0.25) is 0 Å². The van der Waals surface area contributed by atoms with Gasteiger partial charge in [0.1, 0.15) is 12.2 Å². The Morgan fingerprint density at radius 2 is 2.33 bits per heavy atom. The standard InChI is InChI=1S/C9H11FN2O5S/c10-6-7(17-18)4(3-13)16-8(6)12-2-1-5(14)11-9(12)15/h1-2,4,6-8,13,18H,3H2,(H,11,14,15)/t4-,6?,7?,8-/m1/s1. The molecular formula is C9H11FN2O5S. The van der Waals surface area contributed by atoms with Gasteiger partial charge in [0.2, 0.25) is 0 Å². The lowest BCUT2D eigenvalue weighted by molar-refractivity contribution is -0.0457. The van der Waals surface area contributed by atoms with Crippen LogP contribution in [-0.2, 0) is 8.92 Å². The summed E-state index contributed by atoms with van der Waals surface area (Å²) in [6, 6.07) is 1.07. The molecule has 18 heavy (non-hydrogen) atoms. The summed E-state index contributed by atoms with van der Waals surface area (Å²) < 4.78 is 24.6. The van der Waals surface area contributed by atoms with Gasteiger partial charge in [-0.2, -0.15) is 0 Å². The molecule has 0 aliphatic carbocycles.